The number of sulfonamides is 1. The lowest BCUT2D eigenvalue weighted by molar-refractivity contribution is -0.134. The molecule has 0 radical (unpaired) electrons. The summed E-state index contributed by atoms with van der Waals surface area (Å²) in [6.07, 6.45) is 2.25. The van der Waals surface area contributed by atoms with Crippen molar-refractivity contribution in [3.05, 3.63) is 35.5 Å². The maximum Gasteiger partial charge on any atom is 0.312 e. The van der Waals surface area contributed by atoms with Crippen LogP contribution in [-0.4, -0.2) is 19.4 Å². The Balaban J connectivity index is 2.13. The van der Waals surface area contributed by atoms with Crippen LogP contribution in [0.25, 0.3) is 0 Å². The summed E-state index contributed by atoms with van der Waals surface area (Å²) < 4.78 is 31.8. The molecule has 2 rings (SSSR count). The number of rotatable bonds is 6. The quantitative estimate of drug-likeness (QED) is 0.799. The zero-order valence-electron chi connectivity index (χ0n) is 11.6. The summed E-state index contributed by atoms with van der Waals surface area (Å²) in [5.41, 5.74) is 0. The first kappa shape index (κ1) is 16.7. The molecule has 1 aromatic carbocycles. The van der Waals surface area contributed by atoms with E-state index in [-0.39, 0.29) is 26.1 Å². The number of hydrogen-bond donors (Lipinski definition) is 1. The van der Waals surface area contributed by atoms with Crippen molar-refractivity contribution >= 4 is 44.1 Å². The van der Waals surface area contributed by atoms with Crippen molar-refractivity contribution in [3.8, 4) is 5.06 Å². The lowest BCUT2D eigenvalue weighted by Crippen LogP contribution is -2.13. The highest BCUT2D eigenvalue weighted by atomic mass is 35.5. The summed E-state index contributed by atoms with van der Waals surface area (Å²) in [6.45, 7) is 1.86. The van der Waals surface area contributed by atoms with Crippen molar-refractivity contribution in [1.29, 1.82) is 0 Å². The van der Waals surface area contributed by atoms with E-state index in [0.717, 1.165) is 11.3 Å². The number of benzene rings is 1. The van der Waals surface area contributed by atoms with Gasteiger partial charge >= 0.3 is 5.97 Å². The number of esters is 1. The number of carbonyl (C=O) groups excluding carboxylic acids is 1. The van der Waals surface area contributed by atoms with Crippen molar-refractivity contribution in [2.75, 3.05) is 4.72 Å². The molecule has 0 saturated heterocycles. The van der Waals surface area contributed by atoms with E-state index >= 15 is 0 Å². The second-order valence-corrected chi connectivity index (χ2v) is 7.30. The van der Waals surface area contributed by atoms with E-state index in [2.05, 4.69) is 9.71 Å². The predicted octanol–water partition coefficient (Wildman–Crippen LogP) is 3.30. The van der Waals surface area contributed by atoms with Gasteiger partial charge in [-0.3, -0.25) is 9.52 Å². The lowest BCUT2D eigenvalue weighted by atomic mass is 10.3. The van der Waals surface area contributed by atoms with Crippen LogP contribution in [0.3, 0.4) is 0 Å². The molecular formula is C13H13ClN2O4S2. The van der Waals surface area contributed by atoms with Crippen LogP contribution < -0.4 is 9.46 Å². The fraction of sp³-hybridized carbons (Fsp3) is 0.231. The average molecular weight is 361 g/mol. The van der Waals surface area contributed by atoms with E-state index in [1.165, 1.54) is 18.3 Å². The largest absolute Gasteiger partial charge is 0.414 e. The van der Waals surface area contributed by atoms with Crippen LogP contribution in [0, 0.1) is 0 Å². The van der Waals surface area contributed by atoms with Gasteiger partial charge in [0.25, 0.3) is 10.0 Å². The van der Waals surface area contributed by atoms with E-state index in [0.29, 0.717) is 12.8 Å². The minimum atomic E-state index is -3.84. The van der Waals surface area contributed by atoms with Crippen LogP contribution in [-0.2, 0) is 14.8 Å². The molecule has 0 unspecified atom stereocenters. The lowest BCUT2D eigenvalue weighted by Gasteiger charge is -2.06. The van der Waals surface area contributed by atoms with Crippen molar-refractivity contribution in [1.82, 2.24) is 4.98 Å². The van der Waals surface area contributed by atoms with Gasteiger partial charge in [0.2, 0.25) is 5.06 Å². The number of halogens is 1. The molecule has 0 amide bonds. The minimum Gasteiger partial charge on any atom is -0.414 e. The standard InChI is InChI=1S/C13H13ClN2O4S2/c1-2-5-11(17)20-12-8-15-13(21-12)16-22(18,19)10-7-4-3-6-9(10)14/h3-4,6-8H,2,5H2,1H3,(H,15,16). The molecule has 0 bridgehead atoms. The van der Waals surface area contributed by atoms with E-state index in [1.807, 2.05) is 6.92 Å². The van der Waals surface area contributed by atoms with Gasteiger partial charge in [0.05, 0.1) is 11.2 Å². The minimum absolute atomic E-state index is 0.0450. The number of carbonyl (C=O) groups is 1. The molecule has 0 aliphatic carbocycles. The van der Waals surface area contributed by atoms with E-state index in [9.17, 15) is 13.2 Å². The van der Waals surface area contributed by atoms with Crippen molar-refractivity contribution < 1.29 is 17.9 Å². The molecule has 0 atom stereocenters. The Labute approximate surface area is 137 Å². The highest BCUT2D eigenvalue weighted by Crippen LogP contribution is 2.29. The monoisotopic (exact) mass is 360 g/mol. The SMILES string of the molecule is CCCC(=O)Oc1cnc(NS(=O)(=O)c2ccccc2Cl)s1. The van der Waals surface area contributed by atoms with Crippen LogP contribution in [0.15, 0.2) is 35.4 Å². The van der Waals surface area contributed by atoms with E-state index in [1.54, 1.807) is 12.1 Å². The number of thiazole rings is 1. The van der Waals surface area contributed by atoms with Gasteiger partial charge in [0, 0.05) is 6.42 Å². The van der Waals surface area contributed by atoms with Gasteiger partial charge < -0.3 is 4.74 Å². The van der Waals surface area contributed by atoms with Crippen LogP contribution in [0.1, 0.15) is 19.8 Å². The Morgan fingerprint density at radius 1 is 1.41 bits per heavy atom. The molecule has 1 heterocycles. The van der Waals surface area contributed by atoms with Crippen LogP contribution in [0.5, 0.6) is 5.06 Å². The van der Waals surface area contributed by atoms with Gasteiger partial charge in [-0.25, -0.2) is 13.4 Å². The molecule has 0 saturated carbocycles. The molecule has 6 nitrogen and oxygen atoms in total. The van der Waals surface area contributed by atoms with Gasteiger partial charge in [0.1, 0.15) is 4.90 Å². The molecule has 0 fully saturated rings. The number of aromatic nitrogens is 1. The first-order valence-corrected chi connectivity index (χ1v) is 9.04. The zero-order chi connectivity index (χ0) is 16.2. The van der Waals surface area contributed by atoms with Crippen LogP contribution >= 0.6 is 22.9 Å². The smallest absolute Gasteiger partial charge is 0.312 e. The number of hydrogen-bond acceptors (Lipinski definition) is 6. The van der Waals surface area contributed by atoms with Gasteiger partial charge in [0.15, 0.2) is 5.13 Å². The molecular weight excluding hydrogens is 348 g/mol. The summed E-state index contributed by atoms with van der Waals surface area (Å²) in [4.78, 5) is 15.2. The van der Waals surface area contributed by atoms with Gasteiger partial charge in [-0.15, -0.1) is 0 Å². The topological polar surface area (TPSA) is 85.4 Å². The Morgan fingerprint density at radius 2 is 2.14 bits per heavy atom. The average Bonchev–Trinajstić information content (AvgIpc) is 2.85. The Kier molecular flexibility index (Phi) is 5.38. The van der Waals surface area contributed by atoms with Crippen molar-refractivity contribution in [2.24, 2.45) is 0 Å². The maximum atomic E-state index is 12.2. The zero-order valence-corrected chi connectivity index (χ0v) is 14.0. The number of ether oxygens (including phenoxy) is 1. The third-order valence-electron chi connectivity index (χ3n) is 2.50. The highest BCUT2D eigenvalue weighted by Gasteiger charge is 2.19. The first-order valence-electron chi connectivity index (χ1n) is 6.36. The molecule has 2 aromatic rings. The Morgan fingerprint density at radius 3 is 2.82 bits per heavy atom. The number of anilines is 1. The van der Waals surface area contributed by atoms with Crippen molar-refractivity contribution in [2.45, 2.75) is 24.7 Å². The predicted molar refractivity (Wildman–Crippen MR) is 84.9 cm³/mol. The van der Waals surface area contributed by atoms with Crippen LogP contribution in [0.4, 0.5) is 5.13 Å². The molecule has 118 valence electrons. The third-order valence-corrected chi connectivity index (χ3v) is 5.26. The fourth-order valence-electron chi connectivity index (χ4n) is 1.55. The summed E-state index contributed by atoms with van der Waals surface area (Å²) in [5, 5.41) is 0.440. The van der Waals surface area contributed by atoms with Crippen LogP contribution in [0.2, 0.25) is 5.02 Å². The third kappa shape index (κ3) is 4.19. The number of nitrogens with zero attached hydrogens (tertiary/aromatic N) is 1. The molecule has 1 N–H and O–H groups in total. The first-order chi connectivity index (χ1) is 10.4. The molecule has 0 aliphatic rings. The molecule has 9 heteroatoms. The number of nitrogens with one attached hydrogen (secondary N) is 1. The second-order valence-electron chi connectivity index (χ2n) is 4.24. The summed E-state index contributed by atoms with van der Waals surface area (Å²) >= 11 is 6.81. The van der Waals surface area contributed by atoms with E-state index < -0.39 is 10.0 Å². The molecule has 1 aromatic heterocycles. The summed E-state index contributed by atoms with van der Waals surface area (Å²) in [7, 11) is -3.84. The fourth-order valence-corrected chi connectivity index (χ4v) is 4.00. The summed E-state index contributed by atoms with van der Waals surface area (Å²) in [6, 6.07) is 6.08. The van der Waals surface area contributed by atoms with Gasteiger partial charge in [-0.2, -0.15) is 0 Å². The normalized spacial score (nSPS) is 11.2. The van der Waals surface area contributed by atoms with Crippen molar-refractivity contribution in [3.63, 3.8) is 0 Å². The summed E-state index contributed by atoms with van der Waals surface area (Å²) in [5.74, 6) is -0.383. The molecule has 0 aliphatic heterocycles. The second kappa shape index (κ2) is 7.08. The Bertz CT molecular complexity index is 774. The maximum absolute atomic E-state index is 12.2. The van der Waals surface area contributed by atoms with Gasteiger partial charge in [-0.05, 0) is 18.6 Å². The van der Waals surface area contributed by atoms with Gasteiger partial charge in [-0.1, -0.05) is 42.0 Å². The van der Waals surface area contributed by atoms with E-state index in [4.69, 9.17) is 16.3 Å². The Hall–Kier alpha value is -1.64. The molecule has 0 spiro atoms. The molecule has 22 heavy (non-hydrogen) atoms. The highest BCUT2D eigenvalue weighted by molar-refractivity contribution is 7.93.